The van der Waals surface area contributed by atoms with Crippen LogP contribution in [0.3, 0.4) is 0 Å². The summed E-state index contributed by atoms with van der Waals surface area (Å²) in [6.07, 6.45) is 2.13. The summed E-state index contributed by atoms with van der Waals surface area (Å²) in [6.45, 7) is 10.6. The van der Waals surface area contributed by atoms with E-state index in [4.69, 9.17) is 4.99 Å². The third kappa shape index (κ3) is 2.58. The van der Waals surface area contributed by atoms with E-state index >= 15 is 0 Å². The van der Waals surface area contributed by atoms with E-state index in [-0.39, 0.29) is 11.9 Å². The van der Waals surface area contributed by atoms with Gasteiger partial charge in [0.15, 0.2) is 12.2 Å². The molecule has 2 fully saturated rings. The molecule has 0 aliphatic carbocycles. The average Bonchev–Trinajstić information content (AvgIpc) is 3.09. The summed E-state index contributed by atoms with van der Waals surface area (Å²) >= 11 is 0. The van der Waals surface area contributed by atoms with Crippen molar-refractivity contribution in [2.75, 3.05) is 33.2 Å². The van der Waals surface area contributed by atoms with E-state index < -0.39 is 12.2 Å². The Hall–Kier alpha value is -2.09. The van der Waals surface area contributed by atoms with E-state index in [1.807, 2.05) is 11.8 Å². The van der Waals surface area contributed by atoms with E-state index in [1.54, 1.807) is 7.05 Å². The highest BCUT2D eigenvalue weighted by Gasteiger charge is 2.53. The van der Waals surface area contributed by atoms with Crippen molar-refractivity contribution in [3.8, 4) is 0 Å². The third-order valence-corrected chi connectivity index (χ3v) is 6.15. The molecule has 8 nitrogen and oxygen atoms in total. The van der Waals surface area contributed by atoms with Gasteiger partial charge in [-0.1, -0.05) is 6.92 Å². The Bertz CT molecular complexity index is 702. The molecule has 4 rings (SSSR count). The van der Waals surface area contributed by atoms with E-state index in [9.17, 15) is 9.59 Å². The lowest BCUT2D eigenvalue weighted by molar-refractivity contribution is -0.126. The molecule has 0 radical (unpaired) electrons. The minimum atomic E-state index is -0.470. The number of amides is 3. The van der Waals surface area contributed by atoms with Crippen LogP contribution in [-0.2, 0) is 4.79 Å². The first-order valence-electron chi connectivity index (χ1n) is 9.50. The number of carbonyl (C=O) groups excluding carboxylic acids is 2. The van der Waals surface area contributed by atoms with E-state index in [1.165, 1.54) is 17.7 Å². The van der Waals surface area contributed by atoms with Gasteiger partial charge in [-0.05, 0) is 39.2 Å². The van der Waals surface area contributed by atoms with Crippen LogP contribution >= 0.6 is 0 Å². The molecule has 0 bridgehead atoms. The standard InChI is InChI=1S/C18H28N6O2/c1-11-6-5-7-22(10-11)8-9-23-12(2)13(3)24-14-15(19-17(23)24)21(4)18(26)20-16(14)25/h11,14-15H,5-10H2,1-4H3,(H,20,25,26). The molecular weight excluding hydrogens is 332 g/mol. The number of nitrogens with zero attached hydrogens (tertiary/aromatic N) is 5. The molecule has 3 atom stereocenters. The van der Waals surface area contributed by atoms with E-state index in [0.29, 0.717) is 0 Å². The lowest BCUT2D eigenvalue weighted by Crippen LogP contribution is -2.63. The van der Waals surface area contributed by atoms with Gasteiger partial charge in [-0.25, -0.2) is 9.79 Å². The van der Waals surface area contributed by atoms with Crippen molar-refractivity contribution in [1.29, 1.82) is 0 Å². The number of likely N-dealkylation sites (tertiary alicyclic amines) is 1. The topological polar surface area (TPSA) is 71.5 Å². The highest BCUT2D eigenvalue weighted by molar-refractivity contribution is 6.05. The Morgan fingerprint density at radius 1 is 1.19 bits per heavy atom. The van der Waals surface area contributed by atoms with Crippen molar-refractivity contribution in [3.05, 3.63) is 11.4 Å². The first-order chi connectivity index (χ1) is 12.4. The van der Waals surface area contributed by atoms with Crippen molar-refractivity contribution in [2.45, 2.75) is 45.8 Å². The second-order valence-corrected chi connectivity index (χ2v) is 7.93. The molecule has 0 saturated carbocycles. The highest BCUT2D eigenvalue weighted by atomic mass is 16.2. The molecule has 0 aromatic carbocycles. The van der Waals surface area contributed by atoms with Crippen LogP contribution in [0.1, 0.15) is 33.6 Å². The summed E-state index contributed by atoms with van der Waals surface area (Å²) in [7, 11) is 1.69. The van der Waals surface area contributed by atoms with Crippen molar-refractivity contribution in [1.82, 2.24) is 24.9 Å². The van der Waals surface area contributed by atoms with Gasteiger partial charge < -0.3 is 14.7 Å². The fourth-order valence-electron chi connectivity index (χ4n) is 4.52. The molecule has 4 aliphatic heterocycles. The molecule has 26 heavy (non-hydrogen) atoms. The van der Waals surface area contributed by atoms with Crippen LogP contribution in [0, 0.1) is 5.92 Å². The fraction of sp³-hybridized carbons (Fsp3) is 0.722. The van der Waals surface area contributed by atoms with Crippen LogP contribution in [0.5, 0.6) is 0 Å². The number of nitrogens with one attached hydrogen (secondary N) is 1. The molecule has 0 aromatic heterocycles. The van der Waals surface area contributed by atoms with Crippen molar-refractivity contribution >= 4 is 17.9 Å². The zero-order valence-electron chi connectivity index (χ0n) is 16.0. The number of rotatable bonds is 3. The number of piperidine rings is 1. The Balaban J connectivity index is 1.53. The smallest absolute Gasteiger partial charge is 0.313 e. The van der Waals surface area contributed by atoms with Crippen molar-refractivity contribution < 1.29 is 9.59 Å². The maximum atomic E-state index is 12.5. The average molecular weight is 360 g/mol. The third-order valence-electron chi connectivity index (χ3n) is 6.15. The Morgan fingerprint density at radius 2 is 1.96 bits per heavy atom. The molecule has 3 amide bonds. The zero-order valence-corrected chi connectivity index (χ0v) is 16.0. The summed E-state index contributed by atoms with van der Waals surface area (Å²) in [4.78, 5) is 37.4. The number of hydrogen-bond donors (Lipinski definition) is 1. The van der Waals surface area contributed by atoms with Gasteiger partial charge in [0.05, 0.1) is 0 Å². The number of guanidine groups is 1. The summed E-state index contributed by atoms with van der Waals surface area (Å²) in [5.74, 6) is 1.29. The SMILES string of the molecule is CC1=C(C)N2C(=NC3C2C(=O)NC(=O)N3C)N1CCN1CCCC(C)C1. The minimum Gasteiger partial charge on any atom is -0.313 e. The predicted octanol–water partition coefficient (Wildman–Crippen LogP) is 0.833. The van der Waals surface area contributed by atoms with Crippen LogP contribution in [0.15, 0.2) is 16.4 Å². The minimum absolute atomic E-state index is 0.268. The molecule has 4 aliphatic rings. The normalized spacial score (nSPS) is 32.1. The number of urea groups is 1. The monoisotopic (exact) mass is 360 g/mol. The Labute approximate surface area is 154 Å². The summed E-state index contributed by atoms with van der Waals surface area (Å²) in [5.41, 5.74) is 2.18. The Kier molecular flexibility index (Phi) is 4.17. The summed E-state index contributed by atoms with van der Waals surface area (Å²) < 4.78 is 0. The van der Waals surface area contributed by atoms with Crippen LogP contribution in [0.25, 0.3) is 0 Å². The van der Waals surface area contributed by atoms with Crippen LogP contribution in [-0.4, -0.2) is 82.9 Å². The molecule has 2 saturated heterocycles. The van der Waals surface area contributed by atoms with Gasteiger partial charge in [0, 0.05) is 38.1 Å². The van der Waals surface area contributed by atoms with E-state index in [2.05, 4.69) is 29.0 Å². The largest absolute Gasteiger partial charge is 0.325 e. The van der Waals surface area contributed by atoms with E-state index in [0.717, 1.165) is 49.5 Å². The van der Waals surface area contributed by atoms with Gasteiger partial charge in [0.25, 0.3) is 5.91 Å². The predicted molar refractivity (Wildman–Crippen MR) is 98.1 cm³/mol. The number of allylic oxidation sites excluding steroid dienone is 2. The molecule has 0 spiro atoms. The van der Waals surface area contributed by atoms with Gasteiger partial charge in [-0.15, -0.1) is 0 Å². The highest BCUT2D eigenvalue weighted by Crippen LogP contribution is 2.35. The maximum Gasteiger partial charge on any atom is 0.325 e. The Morgan fingerprint density at radius 3 is 2.69 bits per heavy atom. The summed E-state index contributed by atoms with van der Waals surface area (Å²) in [6, 6.07) is -0.850. The number of fused-ring (bicyclic) bond motifs is 3. The number of hydrogen-bond acceptors (Lipinski definition) is 6. The van der Waals surface area contributed by atoms with Crippen LogP contribution in [0.4, 0.5) is 4.79 Å². The van der Waals surface area contributed by atoms with Gasteiger partial charge in [0.1, 0.15) is 0 Å². The fourth-order valence-corrected chi connectivity index (χ4v) is 4.52. The van der Waals surface area contributed by atoms with Gasteiger partial charge in [-0.3, -0.25) is 15.0 Å². The number of aliphatic imine (C=N–C) groups is 1. The quantitative estimate of drug-likeness (QED) is 0.807. The lowest BCUT2D eigenvalue weighted by Gasteiger charge is -2.35. The van der Waals surface area contributed by atoms with Crippen LogP contribution < -0.4 is 5.32 Å². The molecule has 4 heterocycles. The zero-order chi connectivity index (χ0) is 18.6. The first-order valence-corrected chi connectivity index (χ1v) is 9.50. The lowest BCUT2D eigenvalue weighted by atomic mass is 10.0. The molecule has 8 heteroatoms. The van der Waals surface area contributed by atoms with Crippen LogP contribution in [0.2, 0.25) is 0 Å². The molecular formula is C18H28N6O2. The van der Waals surface area contributed by atoms with Gasteiger partial charge in [-0.2, -0.15) is 0 Å². The molecule has 0 aromatic rings. The molecule has 1 N–H and O–H groups in total. The van der Waals surface area contributed by atoms with Crippen molar-refractivity contribution in [3.63, 3.8) is 0 Å². The second-order valence-electron chi connectivity index (χ2n) is 7.93. The van der Waals surface area contributed by atoms with Gasteiger partial charge in [0.2, 0.25) is 5.96 Å². The van der Waals surface area contributed by atoms with Gasteiger partial charge >= 0.3 is 6.03 Å². The maximum absolute atomic E-state index is 12.5. The molecule has 142 valence electrons. The number of likely N-dealkylation sites (N-methyl/N-ethyl adjacent to an activating group) is 1. The van der Waals surface area contributed by atoms with Crippen molar-refractivity contribution in [2.24, 2.45) is 10.9 Å². The number of imide groups is 1. The summed E-state index contributed by atoms with van der Waals surface area (Å²) in [5, 5.41) is 2.44. The first kappa shape index (κ1) is 17.3. The second kappa shape index (κ2) is 6.26. The number of carbonyl (C=O) groups is 2. The molecule has 3 unspecified atom stereocenters.